The molecule has 0 aliphatic carbocycles. The van der Waals surface area contributed by atoms with E-state index in [0.717, 1.165) is 21.7 Å². The van der Waals surface area contributed by atoms with Crippen molar-refractivity contribution in [2.75, 3.05) is 6.54 Å². The summed E-state index contributed by atoms with van der Waals surface area (Å²) < 4.78 is 8.78. The van der Waals surface area contributed by atoms with E-state index in [4.69, 9.17) is 4.42 Å². The molecule has 4 rings (SSSR count). The van der Waals surface area contributed by atoms with E-state index in [9.17, 15) is 4.79 Å². The Morgan fingerprint density at radius 2 is 2.00 bits per heavy atom. The first kappa shape index (κ1) is 16.7. The van der Waals surface area contributed by atoms with Gasteiger partial charge >= 0.3 is 0 Å². The summed E-state index contributed by atoms with van der Waals surface area (Å²) in [6, 6.07) is 18.2. The van der Waals surface area contributed by atoms with Gasteiger partial charge in [0, 0.05) is 19.5 Å². The first-order chi connectivity index (χ1) is 12.7. The van der Waals surface area contributed by atoms with E-state index in [1.807, 2.05) is 43.3 Å². The minimum Gasteiger partial charge on any atom is -0.466 e. The zero-order valence-corrected chi connectivity index (χ0v) is 15.4. The molecule has 0 unspecified atom stereocenters. The van der Waals surface area contributed by atoms with Gasteiger partial charge in [-0.1, -0.05) is 30.3 Å². The fourth-order valence-electron chi connectivity index (χ4n) is 3.11. The Balaban J connectivity index is 1.52. The van der Waals surface area contributed by atoms with Crippen molar-refractivity contribution in [1.29, 1.82) is 0 Å². The van der Waals surface area contributed by atoms with Crippen molar-refractivity contribution >= 4 is 27.5 Å². The van der Waals surface area contributed by atoms with Gasteiger partial charge in [-0.15, -0.1) is 11.3 Å². The van der Waals surface area contributed by atoms with E-state index < -0.39 is 0 Å². The molecule has 0 atom stereocenters. The Morgan fingerprint density at radius 1 is 1.15 bits per heavy atom. The Labute approximate surface area is 156 Å². The Morgan fingerprint density at radius 3 is 2.77 bits per heavy atom. The van der Waals surface area contributed by atoms with Crippen LogP contribution in [0.4, 0.5) is 0 Å². The maximum atomic E-state index is 12.8. The van der Waals surface area contributed by atoms with Crippen LogP contribution in [-0.2, 0) is 13.0 Å². The van der Waals surface area contributed by atoms with Gasteiger partial charge in [-0.05, 0) is 42.1 Å². The highest BCUT2D eigenvalue weighted by Crippen LogP contribution is 2.26. The summed E-state index contributed by atoms with van der Waals surface area (Å²) in [5.74, 6) is 1.74. The molecule has 132 valence electrons. The number of amides is 1. The summed E-state index contributed by atoms with van der Waals surface area (Å²) in [6.07, 6.45) is 0.688. The number of hydrogen-bond donors (Lipinski definition) is 1. The summed E-state index contributed by atoms with van der Waals surface area (Å²) in [6.45, 7) is 3.16. The largest absolute Gasteiger partial charge is 0.466 e. The predicted molar refractivity (Wildman–Crippen MR) is 105 cm³/mol. The lowest BCUT2D eigenvalue weighted by Gasteiger charge is -2.11. The second kappa shape index (κ2) is 7.22. The van der Waals surface area contributed by atoms with Crippen LogP contribution in [0.2, 0.25) is 0 Å². The smallest absolute Gasteiger partial charge is 0.267 e. The molecule has 26 heavy (non-hydrogen) atoms. The zero-order valence-electron chi connectivity index (χ0n) is 14.6. The van der Waals surface area contributed by atoms with Gasteiger partial charge in [-0.3, -0.25) is 4.79 Å². The van der Waals surface area contributed by atoms with Gasteiger partial charge in [0.1, 0.15) is 17.2 Å². The first-order valence-corrected chi connectivity index (χ1v) is 9.53. The highest BCUT2D eigenvalue weighted by Gasteiger charge is 2.16. The summed E-state index contributed by atoms with van der Waals surface area (Å²) >= 11 is 1.66. The van der Waals surface area contributed by atoms with Crippen molar-refractivity contribution in [3.8, 4) is 0 Å². The van der Waals surface area contributed by atoms with Crippen LogP contribution in [0, 0.1) is 6.92 Å². The fraction of sp³-hybridized carbons (Fsp3) is 0.190. The molecule has 1 aromatic carbocycles. The van der Waals surface area contributed by atoms with Gasteiger partial charge in [0.2, 0.25) is 0 Å². The topological polar surface area (TPSA) is 47.2 Å². The maximum absolute atomic E-state index is 12.8. The van der Waals surface area contributed by atoms with Crippen LogP contribution in [0.3, 0.4) is 0 Å². The van der Waals surface area contributed by atoms with Gasteiger partial charge in [-0.2, -0.15) is 0 Å². The molecule has 0 aliphatic rings. The molecule has 4 aromatic rings. The lowest BCUT2D eigenvalue weighted by Crippen LogP contribution is -2.28. The third-order valence-corrected chi connectivity index (χ3v) is 5.24. The molecule has 0 saturated carbocycles. The molecule has 1 N–H and O–H groups in total. The van der Waals surface area contributed by atoms with Crippen molar-refractivity contribution in [3.05, 3.63) is 82.8 Å². The molecule has 0 saturated heterocycles. The second-order valence-corrected chi connectivity index (χ2v) is 7.24. The van der Waals surface area contributed by atoms with Crippen LogP contribution in [0.15, 0.2) is 64.4 Å². The normalized spacial score (nSPS) is 11.1. The average Bonchev–Trinajstić information content (AvgIpc) is 3.34. The zero-order chi connectivity index (χ0) is 17.9. The SMILES string of the molecule is Cc1ccc(CCNC(=O)c2cc3sccc3n2Cc2ccccc2)o1. The van der Waals surface area contributed by atoms with Crippen molar-refractivity contribution in [2.24, 2.45) is 0 Å². The van der Waals surface area contributed by atoms with Crippen molar-refractivity contribution < 1.29 is 9.21 Å². The number of nitrogens with zero attached hydrogens (tertiary/aromatic N) is 1. The van der Waals surface area contributed by atoms with Crippen LogP contribution in [-0.4, -0.2) is 17.0 Å². The average molecular weight is 364 g/mol. The molecule has 0 radical (unpaired) electrons. The minimum absolute atomic E-state index is 0.0485. The van der Waals surface area contributed by atoms with E-state index >= 15 is 0 Å². The van der Waals surface area contributed by atoms with Gasteiger partial charge < -0.3 is 14.3 Å². The molecular formula is C21H20N2O2S. The fourth-order valence-corrected chi connectivity index (χ4v) is 3.93. The summed E-state index contributed by atoms with van der Waals surface area (Å²) in [5, 5.41) is 5.08. The standard InChI is InChI=1S/C21H20N2O2S/c1-15-7-8-17(25-15)9-11-22-21(24)19-13-20-18(10-12-26-20)23(19)14-16-5-3-2-4-6-16/h2-8,10,12-13H,9,11,14H2,1H3,(H,22,24). The number of rotatable bonds is 6. The Hall–Kier alpha value is -2.79. The third kappa shape index (κ3) is 3.44. The van der Waals surface area contributed by atoms with E-state index in [1.54, 1.807) is 11.3 Å². The quantitative estimate of drug-likeness (QED) is 0.542. The molecular weight excluding hydrogens is 344 g/mol. The summed E-state index contributed by atoms with van der Waals surface area (Å²) in [5.41, 5.74) is 2.98. The van der Waals surface area contributed by atoms with Crippen LogP contribution in [0.25, 0.3) is 10.2 Å². The highest BCUT2D eigenvalue weighted by atomic mass is 32.1. The van der Waals surface area contributed by atoms with Gasteiger partial charge in [0.15, 0.2) is 0 Å². The Bertz CT molecular complexity index is 1030. The summed E-state index contributed by atoms with van der Waals surface area (Å²) in [7, 11) is 0. The molecule has 0 aliphatic heterocycles. The lowest BCUT2D eigenvalue weighted by atomic mass is 10.2. The van der Waals surface area contributed by atoms with Crippen molar-refractivity contribution in [1.82, 2.24) is 9.88 Å². The number of aryl methyl sites for hydroxylation is 1. The van der Waals surface area contributed by atoms with E-state index in [-0.39, 0.29) is 5.91 Å². The van der Waals surface area contributed by atoms with Crippen LogP contribution < -0.4 is 5.32 Å². The highest BCUT2D eigenvalue weighted by molar-refractivity contribution is 7.17. The van der Waals surface area contributed by atoms with Gasteiger partial charge in [-0.25, -0.2) is 0 Å². The number of carbonyl (C=O) groups is 1. The third-order valence-electron chi connectivity index (χ3n) is 4.39. The number of hydrogen-bond acceptors (Lipinski definition) is 3. The van der Waals surface area contributed by atoms with E-state index in [2.05, 4.69) is 33.5 Å². The molecule has 0 bridgehead atoms. The number of furan rings is 1. The maximum Gasteiger partial charge on any atom is 0.267 e. The van der Waals surface area contributed by atoms with Crippen molar-refractivity contribution in [2.45, 2.75) is 19.9 Å². The molecule has 3 heterocycles. The van der Waals surface area contributed by atoms with E-state index in [0.29, 0.717) is 25.2 Å². The van der Waals surface area contributed by atoms with Gasteiger partial charge in [0.25, 0.3) is 5.91 Å². The number of benzene rings is 1. The molecule has 3 aromatic heterocycles. The second-order valence-electron chi connectivity index (χ2n) is 6.29. The number of carbonyl (C=O) groups excluding carboxylic acids is 1. The molecule has 4 nitrogen and oxygen atoms in total. The molecule has 0 fully saturated rings. The monoisotopic (exact) mass is 364 g/mol. The first-order valence-electron chi connectivity index (χ1n) is 8.65. The van der Waals surface area contributed by atoms with Gasteiger partial charge in [0.05, 0.1) is 10.2 Å². The molecule has 5 heteroatoms. The predicted octanol–water partition coefficient (Wildman–Crippen LogP) is 4.63. The number of nitrogens with one attached hydrogen (secondary N) is 1. The number of thiophene rings is 1. The van der Waals surface area contributed by atoms with Crippen LogP contribution >= 0.6 is 11.3 Å². The number of fused-ring (bicyclic) bond motifs is 1. The molecule has 0 spiro atoms. The van der Waals surface area contributed by atoms with Crippen molar-refractivity contribution in [3.63, 3.8) is 0 Å². The van der Waals surface area contributed by atoms with Crippen LogP contribution in [0.1, 0.15) is 27.6 Å². The lowest BCUT2D eigenvalue weighted by molar-refractivity contribution is 0.0945. The number of aromatic nitrogens is 1. The molecule has 1 amide bonds. The summed E-state index contributed by atoms with van der Waals surface area (Å²) in [4.78, 5) is 12.8. The van der Waals surface area contributed by atoms with Crippen LogP contribution in [0.5, 0.6) is 0 Å². The van der Waals surface area contributed by atoms with E-state index in [1.165, 1.54) is 5.56 Å². The minimum atomic E-state index is -0.0485. The Kier molecular flexibility index (Phi) is 4.63.